The Balaban J connectivity index is 1.93. The third-order valence-corrected chi connectivity index (χ3v) is 3.18. The molecule has 82 valence electrons. The second-order valence-electron chi connectivity index (χ2n) is 3.76. The van der Waals surface area contributed by atoms with Crippen LogP contribution in [0, 0.1) is 0 Å². The molecule has 0 bridgehead atoms. The standard InChI is InChI=1S/C9H14N4OS/c1-6-7(3-2-4-10-6)11-9(14)8-5-15-13-12-8/h5-7,10H,2-4H2,1H3,(H,11,14). The van der Waals surface area contributed by atoms with E-state index in [1.54, 1.807) is 5.38 Å². The summed E-state index contributed by atoms with van der Waals surface area (Å²) in [5, 5.41) is 11.7. The van der Waals surface area contributed by atoms with Crippen LogP contribution in [0.15, 0.2) is 5.38 Å². The number of carbonyl (C=O) groups excluding carboxylic acids is 1. The van der Waals surface area contributed by atoms with Gasteiger partial charge in [-0.1, -0.05) is 4.49 Å². The Kier molecular flexibility index (Phi) is 3.27. The van der Waals surface area contributed by atoms with Gasteiger partial charge in [0.15, 0.2) is 5.69 Å². The van der Waals surface area contributed by atoms with Gasteiger partial charge in [0.1, 0.15) is 0 Å². The zero-order chi connectivity index (χ0) is 10.7. The van der Waals surface area contributed by atoms with Gasteiger partial charge < -0.3 is 10.6 Å². The Labute approximate surface area is 92.4 Å². The fourth-order valence-corrected chi connectivity index (χ4v) is 2.18. The molecule has 1 aliphatic rings. The van der Waals surface area contributed by atoms with Crippen molar-refractivity contribution in [3.05, 3.63) is 11.1 Å². The minimum absolute atomic E-state index is 0.121. The molecule has 1 fully saturated rings. The first-order valence-corrected chi connectivity index (χ1v) is 5.92. The normalized spacial score (nSPS) is 26.2. The summed E-state index contributed by atoms with van der Waals surface area (Å²) in [5.41, 5.74) is 0.415. The summed E-state index contributed by atoms with van der Waals surface area (Å²) in [6.45, 7) is 3.12. The summed E-state index contributed by atoms with van der Waals surface area (Å²) >= 11 is 1.19. The Morgan fingerprint density at radius 2 is 2.60 bits per heavy atom. The molecule has 0 spiro atoms. The van der Waals surface area contributed by atoms with Crippen LogP contribution < -0.4 is 10.6 Å². The predicted molar refractivity (Wildman–Crippen MR) is 57.9 cm³/mol. The highest BCUT2D eigenvalue weighted by Crippen LogP contribution is 2.09. The van der Waals surface area contributed by atoms with E-state index in [1.807, 2.05) is 0 Å². The molecule has 1 amide bonds. The van der Waals surface area contributed by atoms with Crippen molar-refractivity contribution in [2.75, 3.05) is 6.54 Å². The van der Waals surface area contributed by atoms with Gasteiger partial charge in [-0.2, -0.15) is 0 Å². The monoisotopic (exact) mass is 226 g/mol. The van der Waals surface area contributed by atoms with Crippen LogP contribution >= 0.6 is 11.5 Å². The molecule has 5 nitrogen and oxygen atoms in total. The smallest absolute Gasteiger partial charge is 0.273 e. The molecule has 1 aromatic rings. The van der Waals surface area contributed by atoms with Crippen LogP contribution in [0.1, 0.15) is 30.3 Å². The predicted octanol–water partition coefficient (Wildman–Crippen LogP) is 0.408. The van der Waals surface area contributed by atoms with Gasteiger partial charge in [-0.15, -0.1) is 5.10 Å². The van der Waals surface area contributed by atoms with Crippen LogP contribution in [0.3, 0.4) is 0 Å². The number of hydrogen-bond acceptors (Lipinski definition) is 5. The Bertz CT molecular complexity index is 327. The first-order valence-electron chi connectivity index (χ1n) is 5.08. The lowest BCUT2D eigenvalue weighted by Gasteiger charge is -2.30. The second kappa shape index (κ2) is 4.67. The minimum atomic E-state index is -0.121. The highest BCUT2D eigenvalue weighted by molar-refractivity contribution is 7.03. The molecule has 1 saturated heterocycles. The van der Waals surface area contributed by atoms with Crippen LogP contribution in [0.2, 0.25) is 0 Å². The number of piperidine rings is 1. The van der Waals surface area contributed by atoms with E-state index >= 15 is 0 Å². The van der Waals surface area contributed by atoms with Gasteiger partial charge in [0, 0.05) is 17.5 Å². The maximum Gasteiger partial charge on any atom is 0.273 e. The molecule has 2 N–H and O–H groups in total. The molecule has 0 aliphatic carbocycles. The molecule has 0 aromatic carbocycles. The molecular formula is C9H14N4OS. The second-order valence-corrected chi connectivity index (χ2v) is 4.36. The summed E-state index contributed by atoms with van der Waals surface area (Å²) in [6.07, 6.45) is 2.13. The SMILES string of the molecule is CC1NCCCC1NC(=O)c1csnn1. The van der Waals surface area contributed by atoms with E-state index in [1.165, 1.54) is 11.5 Å². The molecule has 2 rings (SSSR count). The van der Waals surface area contributed by atoms with Gasteiger partial charge in [-0.25, -0.2) is 0 Å². The molecule has 1 aromatic heterocycles. The molecule has 2 heterocycles. The van der Waals surface area contributed by atoms with E-state index in [9.17, 15) is 4.79 Å². The van der Waals surface area contributed by atoms with Gasteiger partial charge >= 0.3 is 0 Å². The van der Waals surface area contributed by atoms with E-state index < -0.39 is 0 Å². The maximum absolute atomic E-state index is 11.7. The van der Waals surface area contributed by atoms with E-state index in [0.29, 0.717) is 11.7 Å². The molecule has 2 atom stereocenters. The van der Waals surface area contributed by atoms with Crippen molar-refractivity contribution in [1.82, 2.24) is 20.2 Å². The summed E-state index contributed by atoms with van der Waals surface area (Å²) in [7, 11) is 0. The molecular weight excluding hydrogens is 212 g/mol. The molecule has 0 saturated carbocycles. The number of carbonyl (C=O) groups is 1. The summed E-state index contributed by atoms with van der Waals surface area (Å²) in [5.74, 6) is -0.121. The third kappa shape index (κ3) is 2.51. The lowest BCUT2D eigenvalue weighted by Crippen LogP contribution is -2.51. The highest BCUT2D eigenvalue weighted by Gasteiger charge is 2.23. The van der Waals surface area contributed by atoms with Crippen LogP contribution in [0.25, 0.3) is 0 Å². The van der Waals surface area contributed by atoms with Crippen molar-refractivity contribution in [2.45, 2.75) is 31.8 Å². The van der Waals surface area contributed by atoms with Gasteiger partial charge in [0.2, 0.25) is 0 Å². The first-order chi connectivity index (χ1) is 7.27. The van der Waals surface area contributed by atoms with Gasteiger partial charge in [-0.3, -0.25) is 4.79 Å². The summed E-state index contributed by atoms with van der Waals surface area (Å²) in [4.78, 5) is 11.7. The summed E-state index contributed by atoms with van der Waals surface area (Å²) < 4.78 is 3.67. The Morgan fingerprint density at radius 1 is 1.73 bits per heavy atom. The third-order valence-electron chi connectivity index (χ3n) is 2.67. The number of rotatable bonds is 2. The number of nitrogens with one attached hydrogen (secondary N) is 2. The Morgan fingerprint density at radius 3 is 3.27 bits per heavy atom. The first kappa shape index (κ1) is 10.5. The zero-order valence-electron chi connectivity index (χ0n) is 8.56. The van der Waals surface area contributed by atoms with Gasteiger partial charge in [0.05, 0.1) is 0 Å². The molecule has 1 aliphatic heterocycles. The average Bonchev–Trinajstić information content (AvgIpc) is 2.74. The Hall–Kier alpha value is -1.01. The molecule has 15 heavy (non-hydrogen) atoms. The van der Waals surface area contributed by atoms with Crippen LogP contribution in [0.5, 0.6) is 0 Å². The van der Waals surface area contributed by atoms with Crippen molar-refractivity contribution < 1.29 is 4.79 Å². The van der Waals surface area contributed by atoms with Crippen molar-refractivity contribution in [1.29, 1.82) is 0 Å². The van der Waals surface area contributed by atoms with Crippen LogP contribution in [0.4, 0.5) is 0 Å². The van der Waals surface area contributed by atoms with E-state index in [2.05, 4.69) is 27.1 Å². The topological polar surface area (TPSA) is 66.9 Å². The molecule has 2 unspecified atom stereocenters. The molecule has 6 heteroatoms. The largest absolute Gasteiger partial charge is 0.346 e. The van der Waals surface area contributed by atoms with E-state index in [0.717, 1.165) is 19.4 Å². The highest BCUT2D eigenvalue weighted by atomic mass is 32.1. The number of aromatic nitrogens is 2. The van der Waals surface area contributed by atoms with E-state index in [-0.39, 0.29) is 11.9 Å². The maximum atomic E-state index is 11.7. The van der Waals surface area contributed by atoms with Crippen LogP contribution in [-0.2, 0) is 0 Å². The minimum Gasteiger partial charge on any atom is -0.346 e. The average molecular weight is 226 g/mol. The van der Waals surface area contributed by atoms with E-state index in [4.69, 9.17) is 0 Å². The fraction of sp³-hybridized carbons (Fsp3) is 0.667. The lowest BCUT2D eigenvalue weighted by atomic mass is 10.00. The fourth-order valence-electron chi connectivity index (χ4n) is 1.75. The van der Waals surface area contributed by atoms with Crippen LogP contribution in [-0.4, -0.2) is 34.1 Å². The number of nitrogens with zero attached hydrogens (tertiary/aromatic N) is 2. The zero-order valence-corrected chi connectivity index (χ0v) is 9.38. The lowest BCUT2D eigenvalue weighted by molar-refractivity contribution is 0.0915. The number of amides is 1. The summed E-state index contributed by atoms with van der Waals surface area (Å²) in [6, 6.07) is 0.530. The van der Waals surface area contributed by atoms with Gasteiger partial charge in [0.25, 0.3) is 5.91 Å². The van der Waals surface area contributed by atoms with Crippen molar-refractivity contribution in [3.8, 4) is 0 Å². The van der Waals surface area contributed by atoms with Gasteiger partial charge in [-0.05, 0) is 37.8 Å². The molecule has 0 radical (unpaired) electrons. The number of hydrogen-bond donors (Lipinski definition) is 2. The van der Waals surface area contributed by atoms with Crippen molar-refractivity contribution >= 4 is 17.4 Å². The van der Waals surface area contributed by atoms with Crippen molar-refractivity contribution in [3.63, 3.8) is 0 Å². The quantitative estimate of drug-likeness (QED) is 0.766. The van der Waals surface area contributed by atoms with Crippen molar-refractivity contribution in [2.24, 2.45) is 0 Å².